The average molecular weight is 327 g/mol. The zero-order valence-electron chi connectivity index (χ0n) is 10.8. The van der Waals surface area contributed by atoms with Gasteiger partial charge >= 0.3 is 0 Å². The maximum absolute atomic E-state index is 11.9. The summed E-state index contributed by atoms with van der Waals surface area (Å²) in [6, 6.07) is 7.85. The molecule has 0 aliphatic carbocycles. The van der Waals surface area contributed by atoms with E-state index in [4.69, 9.17) is 10.5 Å². The standard InChI is InChI=1S/C14H19BrN2O2/c15-11-3-5-13(6-4-11)19-9-1-2-14(18)17-8-7-12(16)10-17/h3-6,12H,1-2,7-10,16H2/t12-/m1/s1. The van der Waals surface area contributed by atoms with Crippen molar-refractivity contribution in [3.63, 3.8) is 0 Å². The zero-order chi connectivity index (χ0) is 13.7. The Bertz CT molecular complexity index is 422. The maximum Gasteiger partial charge on any atom is 0.222 e. The molecule has 1 saturated heterocycles. The number of carbonyl (C=O) groups excluding carboxylic acids is 1. The van der Waals surface area contributed by atoms with Gasteiger partial charge in [0.25, 0.3) is 0 Å². The Morgan fingerprint density at radius 1 is 1.42 bits per heavy atom. The highest BCUT2D eigenvalue weighted by molar-refractivity contribution is 9.10. The van der Waals surface area contributed by atoms with Gasteiger partial charge in [-0.05, 0) is 37.1 Å². The molecule has 0 bridgehead atoms. The van der Waals surface area contributed by atoms with E-state index in [1.807, 2.05) is 29.2 Å². The number of hydrogen-bond donors (Lipinski definition) is 1. The molecule has 104 valence electrons. The lowest BCUT2D eigenvalue weighted by Crippen LogP contribution is -2.31. The molecule has 4 nitrogen and oxygen atoms in total. The molecule has 0 saturated carbocycles. The first kappa shape index (κ1) is 14.3. The molecule has 0 spiro atoms. The first-order chi connectivity index (χ1) is 9.15. The smallest absolute Gasteiger partial charge is 0.222 e. The molecule has 1 aromatic rings. The van der Waals surface area contributed by atoms with Crippen LogP contribution in [0.5, 0.6) is 5.75 Å². The van der Waals surface area contributed by atoms with Crippen LogP contribution >= 0.6 is 15.9 Å². The van der Waals surface area contributed by atoms with Crippen molar-refractivity contribution in [2.45, 2.75) is 25.3 Å². The van der Waals surface area contributed by atoms with Gasteiger partial charge in [0.1, 0.15) is 5.75 Å². The minimum Gasteiger partial charge on any atom is -0.494 e. The summed E-state index contributed by atoms with van der Waals surface area (Å²) < 4.78 is 6.61. The lowest BCUT2D eigenvalue weighted by atomic mass is 10.3. The molecule has 2 N–H and O–H groups in total. The fourth-order valence-electron chi connectivity index (χ4n) is 2.12. The average Bonchev–Trinajstić information content (AvgIpc) is 2.83. The van der Waals surface area contributed by atoms with E-state index in [9.17, 15) is 4.79 Å². The molecule has 1 atom stereocenters. The van der Waals surface area contributed by atoms with Crippen LogP contribution in [-0.2, 0) is 4.79 Å². The normalized spacial score (nSPS) is 18.6. The van der Waals surface area contributed by atoms with Crippen LogP contribution in [0.15, 0.2) is 28.7 Å². The molecule has 19 heavy (non-hydrogen) atoms. The fraction of sp³-hybridized carbons (Fsp3) is 0.500. The number of halogens is 1. The topological polar surface area (TPSA) is 55.6 Å². The van der Waals surface area contributed by atoms with E-state index in [2.05, 4.69) is 15.9 Å². The highest BCUT2D eigenvalue weighted by atomic mass is 79.9. The van der Waals surface area contributed by atoms with Crippen LogP contribution in [0, 0.1) is 0 Å². The van der Waals surface area contributed by atoms with Crippen molar-refractivity contribution in [1.82, 2.24) is 4.90 Å². The third-order valence-electron chi connectivity index (χ3n) is 3.19. The zero-order valence-corrected chi connectivity index (χ0v) is 12.4. The number of nitrogens with two attached hydrogens (primary N) is 1. The van der Waals surface area contributed by atoms with Crippen LogP contribution in [0.25, 0.3) is 0 Å². The Labute approximate surface area is 122 Å². The molecule has 5 heteroatoms. The third-order valence-corrected chi connectivity index (χ3v) is 3.72. The van der Waals surface area contributed by atoms with E-state index in [1.54, 1.807) is 0 Å². The highest BCUT2D eigenvalue weighted by Gasteiger charge is 2.22. The number of nitrogens with zero attached hydrogens (tertiary/aromatic N) is 1. The van der Waals surface area contributed by atoms with Crippen molar-refractivity contribution < 1.29 is 9.53 Å². The van der Waals surface area contributed by atoms with Gasteiger partial charge in [-0.1, -0.05) is 15.9 Å². The van der Waals surface area contributed by atoms with Gasteiger partial charge in [-0.2, -0.15) is 0 Å². The van der Waals surface area contributed by atoms with Crippen LogP contribution in [0.2, 0.25) is 0 Å². The fourth-order valence-corrected chi connectivity index (χ4v) is 2.38. The first-order valence-corrected chi connectivity index (χ1v) is 7.36. The summed E-state index contributed by atoms with van der Waals surface area (Å²) in [5.41, 5.74) is 5.78. The van der Waals surface area contributed by atoms with Gasteiger partial charge in [-0.3, -0.25) is 4.79 Å². The van der Waals surface area contributed by atoms with Gasteiger partial charge in [-0.15, -0.1) is 0 Å². The number of amides is 1. The Morgan fingerprint density at radius 3 is 2.79 bits per heavy atom. The summed E-state index contributed by atoms with van der Waals surface area (Å²) >= 11 is 3.37. The van der Waals surface area contributed by atoms with Gasteiger partial charge < -0.3 is 15.4 Å². The van der Waals surface area contributed by atoms with Crippen LogP contribution < -0.4 is 10.5 Å². The van der Waals surface area contributed by atoms with E-state index in [0.29, 0.717) is 19.6 Å². The van der Waals surface area contributed by atoms with Crippen molar-refractivity contribution in [2.75, 3.05) is 19.7 Å². The molecular formula is C14H19BrN2O2. The molecule has 0 radical (unpaired) electrons. The Morgan fingerprint density at radius 2 is 2.16 bits per heavy atom. The van der Waals surface area contributed by atoms with Crippen molar-refractivity contribution >= 4 is 21.8 Å². The summed E-state index contributed by atoms with van der Waals surface area (Å²) in [4.78, 5) is 13.7. The van der Waals surface area contributed by atoms with Crippen molar-refractivity contribution in [2.24, 2.45) is 5.73 Å². The second-order valence-corrected chi connectivity index (χ2v) is 5.71. The van der Waals surface area contributed by atoms with E-state index in [0.717, 1.165) is 29.6 Å². The quantitative estimate of drug-likeness (QED) is 0.844. The lowest BCUT2D eigenvalue weighted by Gasteiger charge is -2.15. The molecule has 2 rings (SSSR count). The molecular weight excluding hydrogens is 308 g/mol. The van der Waals surface area contributed by atoms with Crippen molar-refractivity contribution in [1.29, 1.82) is 0 Å². The van der Waals surface area contributed by atoms with E-state index in [1.165, 1.54) is 0 Å². The summed E-state index contributed by atoms with van der Waals surface area (Å²) in [6.45, 7) is 2.06. The minimum absolute atomic E-state index is 0.156. The second kappa shape index (κ2) is 6.91. The van der Waals surface area contributed by atoms with Gasteiger partial charge in [0, 0.05) is 30.0 Å². The van der Waals surface area contributed by atoms with Gasteiger partial charge in [0.2, 0.25) is 5.91 Å². The second-order valence-electron chi connectivity index (χ2n) is 4.79. The van der Waals surface area contributed by atoms with Gasteiger partial charge in [0.05, 0.1) is 6.61 Å². The summed E-state index contributed by atoms with van der Waals surface area (Å²) in [6.07, 6.45) is 2.19. The van der Waals surface area contributed by atoms with Crippen molar-refractivity contribution in [3.8, 4) is 5.75 Å². The van der Waals surface area contributed by atoms with Gasteiger partial charge in [0.15, 0.2) is 0 Å². The molecule has 1 fully saturated rings. The summed E-state index contributed by atoms with van der Waals surface area (Å²) in [5, 5.41) is 0. The molecule has 1 aliphatic rings. The van der Waals surface area contributed by atoms with Crippen LogP contribution in [-0.4, -0.2) is 36.5 Å². The highest BCUT2D eigenvalue weighted by Crippen LogP contribution is 2.16. The number of ether oxygens (including phenoxy) is 1. The number of carbonyl (C=O) groups is 1. The summed E-state index contributed by atoms with van der Waals surface area (Å²) in [7, 11) is 0. The minimum atomic E-state index is 0.156. The lowest BCUT2D eigenvalue weighted by molar-refractivity contribution is -0.130. The van der Waals surface area contributed by atoms with Crippen LogP contribution in [0.4, 0.5) is 0 Å². The Hall–Kier alpha value is -1.07. The molecule has 0 unspecified atom stereocenters. The van der Waals surface area contributed by atoms with Crippen molar-refractivity contribution in [3.05, 3.63) is 28.7 Å². The maximum atomic E-state index is 11.9. The third kappa shape index (κ3) is 4.51. The Balaban J connectivity index is 1.64. The summed E-state index contributed by atoms with van der Waals surface area (Å²) in [5.74, 6) is 1.02. The van der Waals surface area contributed by atoms with E-state index >= 15 is 0 Å². The molecule has 0 aromatic heterocycles. The monoisotopic (exact) mass is 326 g/mol. The molecule has 1 aliphatic heterocycles. The number of hydrogen-bond acceptors (Lipinski definition) is 3. The first-order valence-electron chi connectivity index (χ1n) is 6.57. The number of likely N-dealkylation sites (tertiary alicyclic amines) is 1. The molecule has 1 heterocycles. The predicted octanol–water partition coefficient (Wildman–Crippen LogP) is 2.17. The largest absolute Gasteiger partial charge is 0.494 e. The van der Waals surface area contributed by atoms with E-state index in [-0.39, 0.29) is 11.9 Å². The van der Waals surface area contributed by atoms with Gasteiger partial charge in [-0.25, -0.2) is 0 Å². The SMILES string of the molecule is N[C@@H]1CCN(C(=O)CCCOc2ccc(Br)cc2)C1. The molecule has 1 amide bonds. The van der Waals surface area contributed by atoms with E-state index < -0.39 is 0 Å². The Kier molecular flexibility index (Phi) is 5.22. The predicted molar refractivity (Wildman–Crippen MR) is 78.0 cm³/mol. The number of rotatable bonds is 5. The van der Waals surface area contributed by atoms with Crippen LogP contribution in [0.3, 0.4) is 0 Å². The molecule has 1 aromatic carbocycles. The number of benzene rings is 1. The van der Waals surface area contributed by atoms with Crippen LogP contribution in [0.1, 0.15) is 19.3 Å².